The first-order valence-corrected chi connectivity index (χ1v) is 7.30. The molecule has 0 N–H and O–H groups in total. The number of ketones is 1. The monoisotopic (exact) mass is 363 g/mol. The molecule has 0 amide bonds. The van der Waals surface area contributed by atoms with E-state index in [9.17, 15) is 14.9 Å². The molecule has 0 radical (unpaired) electrons. The van der Waals surface area contributed by atoms with E-state index in [-0.39, 0.29) is 17.4 Å². The Morgan fingerprint density at radius 3 is 2.65 bits per heavy atom. The maximum atomic E-state index is 12.1. The first-order chi connectivity index (χ1) is 9.19. The lowest BCUT2D eigenvalue weighted by Crippen LogP contribution is -2.35. The van der Waals surface area contributed by atoms with E-state index >= 15 is 0 Å². The Bertz CT molecular complexity index is 533. The third-order valence-corrected chi connectivity index (χ3v) is 4.09. The summed E-state index contributed by atoms with van der Waals surface area (Å²) in [5, 5.41) is 9.84. The van der Waals surface area contributed by atoms with Gasteiger partial charge in [-0.25, -0.2) is 0 Å². The summed E-state index contributed by atoms with van der Waals surface area (Å²) in [4.78, 5) is 22.4. The predicted molar refractivity (Wildman–Crippen MR) is 80.7 cm³/mol. The number of alkyl halides is 2. The van der Waals surface area contributed by atoms with Gasteiger partial charge in [0.05, 0.1) is 11.0 Å². The minimum absolute atomic E-state index is 0.0886. The van der Waals surface area contributed by atoms with Crippen molar-refractivity contribution in [2.45, 2.75) is 25.8 Å². The summed E-state index contributed by atoms with van der Waals surface area (Å²) in [5.74, 6) is 0.226. The highest BCUT2D eigenvalue weighted by molar-refractivity contribution is 9.09. The Morgan fingerprint density at radius 2 is 2.15 bits per heavy atom. The van der Waals surface area contributed by atoms with Gasteiger partial charge in [-0.15, -0.1) is 11.6 Å². The Morgan fingerprint density at radius 1 is 1.55 bits per heavy atom. The average Bonchev–Trinajstić information content (AvgIpc) is 2.39. The van der Waals surface area contributed by atoms with Crippen LogP contribution in [0.1, 0.15) is 19.4 Å². The summed E-state index contributed by atoms with van der Waals surface area (Å²) in [6, 6.07) is 4.25. The lowest BCUT2D eigenvalue weighted by Gasteiger charge is -2.23. The molecular formula is C13H15BrClNO4. The first kappa shape index (κ1) is 16.9. The van der Waals surface area contributed by atoms with E-state index in [4.69, 9.17) is 16.3 Å². The van der Waals surface area contributed by atoms with Crippen LogP contribution >= 0.6 is 27.5 Å². The van der Waals surface area contributed by atoms with E-state index in [1.54, 1.807) is 26.8 Å². The molecule has 0 aromatic heterocycles. The van der Waals surface area contributed by atoms with Gasteiger partial charge in [-0.2, -0.15) is 0 Å². The van der Waals surface area contributed by atoms with Crippen LogP contribution in [0.4, 0.5) is 5.69 Å². The van der Waals surface area contributed by atoms with E-state index in [0.29, 0.717) is 11.3 Å². The van der Waals surface area contributed by atoms with Crippen LogP contribution < -0.4 is 4.74 Å². The number of non-ortho nitro benzene ring substituents is 1. The lowest BCUT2D eigenvalue weighted by molar-refractivity contribution is -0.385. The molecule has 0 heterocycles. The molecule has 7 heteroatoms. The number of nitrogens with zero attached hydrogens (tertiary/aromatic N) is 1. The van der Waals surface area contributed by atoms with Crippen molar-refractivity contribution in [2.24, 2.45) is 5.41 Å². The van der Waals surface area contributed by atoms with Crippen LogP contribution in [0.5, 0.6) is 5.75 Å². The van der Waals surface area contributed by atoms with E-state index in [1.807, 2.05) is 0 Å². The SMILES string of the molecule is Cc1ccc([N+](=O)[O-])cc1OC(Br)C(=O)C(C)(C)CCl. The number of nitro groups is 1. The van der Waals surface area contributed by atoms with Gasteiger partial charge in [0.15, 0.2) is 5.78 Å². The molecule has 0 saturated carbocycles. The Labute approximate surface area is 130 Å². The zero-order chi connectivity index (χ0) is 15.5. The van der Waals surface area contributed by atoms with Crippen molar-refractivity contribution in [3.05, 3.63) is 33.9 Å². The van der Waals surface area contributed by atoms with E-state index in [0.717, 1.165) is 0 Å². The van der Waals surface area contributed by atoms with Gasteiger partial charge in [-0.3, -0.25) is 14.9 Å². The number of carbonyl (C=O) groups is 1. The summed E-state index contributed by atoms with van der Waals surface area (Å²) < 4.78 is 5.49. The third kappa shape index (κ3) is 3.93. The van der Waals surface area contributed by atoms with Crippen molar-refractivity contribution < 1.29 is 14.5 Å². The van der Waals surface area contributed by atoms with Gasteiger partial charge in [-0.05, 0) is 34.5 Å². The van der Waals surface area contributed by atoms with Gasteiger partial charge < -0.3 is 4.74 Å². The number of nitro benzene ring substituents is 1. The number of hydrogen-bond donors (Lipinski definition) is 0. The molecule has 1 atom stereocenters. The average molecular weight is 365 g/mol. The number of aryl methyl sites for hydroxylation is 1. The molecule has 0 bridgehead atoms. The number of carbonyl (C=O) groups excluding carboxylic acids is 1. The van der Waals surface area contributed by atoms with Crippen molar-refractivity contribution >= 4 is 39.0 Å². The Hall–Kier alpha value is -1.14. The van der Waals surface area contributed by atoms with Crippen molar-refractivity contribution in [2.75, 3.05) is 5.88 Å². The molecule has 5 nitrogen and oxygen atoms in total. The fourth-order valence-electron chi connectivity index (χ4n) is 1.37. The predicted octanol–water partition coefficient (Wildman–Crippen LogP) is 3.84. The van der Waals surface area contributed by atoms with Crippen molar-refractivity contribution in [3.63, 3.8) is 0 Å². The molecule has 0 spiro atoms. The van der Waals surface area contributed by atoms with Crippen LogP contribution in [0.25, 0.3) is 0 Å². The van der Waals surface area contributed by atoms with Gasteiger partial charge in [0, 0.05) is 17.4 Å². The molecule has 0 fully saturated rings. The van der Waals surface area contributed by atoms with Crippen LogP contribution in [-0.2, 0) is 4.79 Å². The van der Waals surface area contributed by atoms with E-state index < -0.39 is 15.4 Å². The molecule has 1 rings (SSSR count). The van der Waals surface area contributed by atoms with E-state index in [2.05, 4.69) is 15.9 Å². The van der Waals surface area contributed by atoms with Crippen molar-refractivity contribution in [1.29, 1.82) is 0 Å². The van der Waals surface area contributed by atoms with Crippen LogP contribution in [0.2, 0.25) is 0 Å². The number of hydrogen-bond acceptors (Lipinski definition) is 4. The maximum Gasteiger partial charge on any atom is 0.273 e. The zero-order valence-corrected chi connectivity index (χ0v) is 13.7. The molecule has 110 valence electrons. The fraction of sp³-hybridized carbons (Fsp3) is 0.462. The summed E-state index contributed by atoms with van der Waals surface area (Å²) in [5.41, 5.74) is -0.129. The van der Waals surface area contributed by atoms with Gasteiger partial charge in [0.2, 0.25) is 5.01 Å². The maximum absolute atomic E-state index is 12.1. The minimum Gasteiger partial charge on any atom is -0.471 e. The van der Waals surface area contributed by atoms with Gasteiger partial charge >= 0.3 is 0 Å². The number of Topliss-reactive ketones (excluding diaryl/α,β-unsaturated/α-hetero) is 1. The quantitative estimate of drug-likeness (QED) is 0.437. The smallest absolute Gasteiger partial charge is 0.273 e. The number of ether oxygens (including phenoxy) is 1. The largest absolute Gasteiger partial charge is 0.471 e. The fourth-order valence-corrected chi connectivity index (χ4v) is 2.32. The molecule has 1 aromatic rings. The number of benzene rings is 1. The molecule has 1 aromatic carbocycles. The van der Waals surface area contributed by atoms with Gasteiger partial charge in [0.1, 0.15) is 5.75 Å². The second-order valence-corrected chi connectivity index (χ2v) is 6.12. The summed E-state index contributed by atoms with van der Waals surface area (Å²) in [7, 11) is 0. The van der Waals surface area contributed by atoms with Crippen LogP contribution in [0.15, 0.2) is 18.2 Å². The highest BCUT2D eigenvalue weighted by atomic mass is 79.9. The molecule has 0 aliphatic heterocycles. The molecule has 0 saturated heterocycles. The first-order valence-electron chi connectivity index (χ1n) is 5.85. The normalized spacial score (nSPS) is 12.8. The lowest BCUT2D eigenvalue weighted by atomic mass is 9.91. The molecule has 20 heavy (non-hydrogen) atoms. The van der Waals surface area contributed by atoms with Crippen LogP contribution in [-0.4, -0.2) is 21.6 Å². The highest BCUT2D eigenvalue weighted by Crippen LogP contribution is 2.29. The van der Waals surface area contributed by atoms with Crippen molar-refractivity contribution in [1.82, 2.24) is 0 Å². The second-order valence-electron chi connectivity index (χ2n) is 5.02. The van der Waals surface area contributed by atoms with Gasteiger partial charge in [-0.1, -0.05) is 13.8 Å². The highest BCUT2D eigenvalue weighted by Gasteiger charge is 2.33. The topological polar surface area (TPSA) is 69.4 Å². The van der Waals surface area contributed by atoms with Gasteiger partial charge in [0.25, 0.3) is 5.69 Å². The van der Waals surface area contributed by atoms with Crippen LogP contribution in [0.3, 0.4) is 0 Å². The molecular weight excluding hydrogens is 350 g/mol. The van der Waals surface area contributed by atoms with Crippen LogP contribution in [0, 0.1) is 22.5 Å². The standard InChI is InChI=1S/C13H15BrClNO4/c1-8-4-5-9(16(18)19)6-10(8)20-12(14)11(17)13(2,3)7-15/h4-6,12H,7H2,1-3H3. The Balaban J connectivity index is 2.96. The molecule has 0 aliphatic carbocycles. The number of rotatable bonds is 6. The summed E-state index contributed by atoms with van der Waals surface area (Å²) >= 11 is 8.90. The zero-order valence-electron chi connectivity index (χ0n) is 11.4. The Kier molecular flexibility index (Phi) is 5.53. The minimum atomic E-state index is -0.906. The number of halogens is 2. The third-order valence-electron chi connectivity index (χ3n) is 2.82. The van der Waals surface area contributed by atoms with Crippen molar-refractivity contribution in [3.8, 4) is 5.75 Å². The summed E-state index contributed by atoms with van der Waals surface area (Å²) in [6.45, 7) is 5.16. The van der Waals surface area contributed by atoms with E-state index in [1.165, 1.54) is 12.1 Å². The molecule has 1 unspecified atom stereocenters. The summed E-state index contributed by atoms with van der Waals surface area (Å²) in [6.07, 6.45) is 0. The second kappa shape index (κ2) is 6.54. The molecule has 0 aliphatic rings.